The highest BCUT2D eigenvalue weighted by molar-refractivity contribution is 6.39. The number of nitrogens with zero attached hydrogens (tertiary/aromatic N) is 3. The van der Waals surface area contributed by atoms with Gasteiger partial charge in [-0.3, -0.25) is 19.1 Å². The van der Waals surface area contributed by atoms with Crippen LogP contribution in [0.4, 0.5) is 5.69 Å². The smallest absolute Gasteiger partial charge is 0.329 e. The number of ether oxygens (including phenoxy) is 2. The molecule has 0 aliphatic rings. The maximum Gasteiger partial charge on any atom is 0.329 e. The predicted molar refractivity (Wildman–Crippen MR) is 153 cm³/mol. The van der Waals surface area contributed by atoms with Crippen molar-refractivity contribution in [1.29, 1.82) is 0 Å². The largest absolute Gasteiger partial charge is 0.490 e. The fraction of sp³-hybridized carbons (Fsp3) is 0.200. The van der Waals surface area contributed by atoms with Crippen LogP contribution in [0.1, 0.15) is 29.3 Å². The summed E-state index contributed by atoms with van der Waals surface area (Å²) in [5.74, 6) is -0.935. The number of amides is 2. The van der Waals surface area contributed by atoms with E-state index in [2.05, 4.69) is 15.8 Å². The molecule has 0 atom stereocenters. The van der Waals surface area contributed by atoms with Crippen molar-refractivity contribution in [2.45, 2.75) is 27.4 Å². The molecule has 2 N–H and O–H groups in total. The molecule has 2 amide bonds. The summed E-state index contributed by atoms with van der Waals surface area (Å²) in [4.78, 5) is 37.9. The quantitative estimate of drug-likeness (QED) is 0.190. The van der Waals surface area contributed by atoms with Gasteiger partial charge in [0, 0.05) is 7.05 Å². The second-order valence-electron chi connectivity index (χ2n) is 8.94. The molecular weight excluding hydrogens is 510 g/mol. The lowest BCUT2D eigenvalue weighted by atomic mass is 10.1. The summed E-state index contributed by atoms with van der Waals surface area (Å²) >= 11 is 0. The molecule has 206 valence electrons. The van der Waals surface area contributed by atoms with Gasteiger partial charge in [-0.2, -0.15) is 5.10 Å². The van der Waals surface area contributed by atoms with Crippen LogP contribution in [0, 0.1) is 13.8 Å². The third-order valence-corrected chi connectivity index (χ3v) is 6.29. The minimum absolute atomic E-state index is 0.0122. The van der Waals surface area contributed by atoms with E-state index in [1.165, 1.54) is 10.9 Å². The molecule has 0 fully saturated rings. The molecule has 0 spiro atoms. The third-order valence-electron chi connectivity index (χ3n) is 6.29. The van der Waals surface area contributed by atoms with Crippen molar-refractivity contribution in [3.63, 3.8) is 0 Å². The van der Waals surface area contributed by atoms with Crippen LogP contribution < -0.4 is 25.8 Å². The Morgan fingerprint density at radius 2 is 1.65 bits per heavy atom. The average molecular weight is 542 g/mol. The summed E-state index contributed by atoms with van der Waals surface area (Å²) in [5.41, 5.74) is 5.70. The van der Waals surface area contributed by atoms with E-state index in [4.69, 9.17) is 9.47 Å². The number of aromatic nitrogens is 2. The lowest BCUT2D eigenvalue weighted by molar-refractivity contribution is -0.136. The molecule has 0 bridgehead atoms. The molecule has 4 rings (SSSR count). The number of hydrazone groups is 1. The zero-order valence-electron chi connectivity index (χ0n) is 22.8. The van der Waals surface area contributed by atoms with Gasteiger partial charge in [0.2, 0.25) is 0 Å². The van der Waals surface area contributed by atoms with Crippen LogP contribution in [0.2, 0.25) is 0 Å². The number of carbonyl (C=O) groups is 2. The van der Waals surface area contributed by atoms with E-state index in [1.807, 2.05) is 44.2 Å². The number of benzene rings is 3. The standard InChI is InChI=1S/C30H31N5O5/c1-5-39-26-17-22(15-16-25(26)40-19-23-12-10-9-11-20(23)2)18-31-33-29(37)28(36)32-27-21(3)34(4)35(30(27)38)24-13-7-6-8-14-24/h6-18H,5,19H2,1-4H3,(H,32,36)(H,33,37)/b31-18+. The molecule has 0 unspecified atom stereocenters. The van der Waals surface area contributed by atoms with Crippen molar-refractivity contribution in [1.82, 2.24) is 14.8 Å². The number of hydrogen-bond donors (Lipinski definition) is 2. The van der Waals surface area contributed by atoms with E-state index in [1.54, 1.807) is 61.1 Å². The van der Waals surface area contributed by atoms with Gasteiger partial charge in [0.05, 0.1) is 24.2 Å². The number of nitrogens with one attached hydrogen (secondary N) is 2. The Kier molecular flexibility index (Phi) is 8.80. The lowest BCUT2D eigenvalue weighted by Crippen LogP contribution is -2.34. The minimum atomic E-state index is -1.02. The van der Waals surface area contributed by atoms with Gasteiger partial charge < -0.3 is 14.8 Å². The maximum atomic E-state index is 13.0. The van der Waals surface area contributed by atoms with E-state index in [0.29, 0.717) is 41.7 Å². The fourth-order valence-corrected chi connectivity index (χ4v) is 4.02. The summed E-state index contributed by atoms with van der Waals surface area (Å²) < 4.78 is 14.7. The first-order valence-corrected chi connectivity index (χ1v) is 12.7. The van der Waals surface area contributed by atoms with E-state index >= 15 is 0 Å². The molecule has 0 radical (unpaired) electrons. The Morgan fingerprint density at radius 3 is 2.38 bits per heavy atom. The SMILES string of the molecule is CCOc1cc(/C=N/NC(=O)C(=O)Nc2c(C)n(C)n(-c3ccccc3)c2=O)ccc1OCc1ccccc1C. The maximum absolute atomic E-state index is 13.0. The van der Waals surface area contributed by atoms with E-state index in [-0.39, 0.29) is 5.69 Å². The number of hydrogen-bond acceptors (Lipinski definition) is 6. The number of para-hydroxylation sites is 1. The van der Waals surface area contributed by atoms with Crippen LogP contribution in [0.3, 0.4) is 0 Å². The topological polar surface area (TPSA) is 116 Å². The molecule has 0 aliphatic heterocycles. The second kappa shape index (κ2) is 12.6. The molecule has 4 aromatic rings. The van der Waals surface area contributed by atoms with Gasteiger partial charge in [-0.25, -0.2) is 10.1 Å². The summed E-state index contributed by atoms with van der Waals surface area (Å²) in [5, 5.41) is 6.29. The molecule has 0 saturated heterocycles. The van der Waals surface area contributed by atoms with Gasteiger partial charge in [0.1, 0.15) is 12.3 Å². The van der Waals surface area contributed by atoms with Crippen molar-refractivity contribution < 1.29 is 19.1 Å². The van der Waals surface area contributed by atoms with E-state index < -0.39 is 17.4 Å². The van der Waals surface area contributed by atoms with Gasteiger partial charge >= 0.3 is 11.8 Å². The van der Waals surface area contributed by atoms with Crippen molar-refractivity contribution in [3.8, 4) is 17.2 Å². The number of carbonyl (C=O) groups excluding carboxylic acids is 2. The van der Waals surface area contributed by atoms with Crippen molar-refractivity contribution >= 4 is 23.7 Å². The van der Waals surface area contributed by atoms with Crippen LogP contribution in [0.25, 0.3) is 5.69 Å². The van der Waals surface area contributed by atoms with Gasteiger partial charge in [0.15, 0.2) is 11.5 Å². The molecule has 1 aromatic heterocycles. The Balaban J connectivity index is 1.40. The van der Waals surface area contributed by atoms with E-state index in [0.717, 1.165) is 11.1 Å². The molecule has 1 heterocycles. The Hall–Kier alpha value is -5.12. The van der Waals surface area contributed by atoms with Crippen molar-refractivity contribution in [2.24, 2.45) is 12.1 Å². The highest BCUT2D eigenvalue weighted by Crippen LogP contribution is 2.29. The average Bonchev–Trinajstić information content (AvgIpc) is 3.16. The molecule has 0 aliphatic carbocycles. The monoisotopic (exact) mass is 541 g/mol. The van der Waals surface area contributed by atoms with Crippen LogP contribution >= 0.6 is 0 Å². The number of aryl methyl sites for hydroxylation is 1. The number of anilines is 1. The first-order valence-electron chi connectivity index (χ1n) is 12.7. The zero-order valence-corrected chi connectivity index (χ0v) is 22.8. The molecule has 3 aromatic carbocycles. The molecule has 10 heteroatoms. The van der Waals surface area contributed by atoms with Crippen molar-refractivity contribution in [3.05, 3.63) is 106 Å². The minimum Gasteiger partial charge on any atom is -0.490 e. The normalized spacial score (nSPS) is 10.9. The van der Waals surface area contributed by atoms with Gasteiger partial charge in [-0.05, 0) is 67.8 Å². The summed E-state index contributed by atoms with van der Waals surface area (Å²) in [6.07, 6.45) is 1.38. The lowest BCUT2D eigenvalue weighted by Gasteiger charge is -2.13. The summed E-state index contributed by atoms with van der Waals surface area (Å²) in [6, 6.07) is 22.2. The summed E-state index contributed by atoms with van der Waals surface area (Å²) in [7, 11) is 1.69. The second-order valence-corrected chi connectivity index (χ2v) is 8.94. The molecule has 40 heavy (non-hydrogen) atoms. The molecule has 10 nitrogen and oxygen atoms in total. The van der Waals surface area contributed by atoms with Gasteiger partial charge in [0.25, 0.3) is 5.56 Å². The van der Waals surface area contributed by atoms with Crippen LogP contribution in [-0.2, 0) is 23.2 Å². The van der Waals surface area contributed by atoms with Gasteiger partial charge in [-0.1, -0.05) is 42.5 Å². The Labute approximate surface area is 231 Å². The Morgan fingerprint density at radius 1 is 0.925 bits per heavy atom. The van der Waals surface area contributed by atoms with E-state index in [9.17, 15) is 14.4 Å². The van der Waals surface area contributed by atoms with Gasteiger partial charge in [-0.15, -0.1) is 0 Å². The highest BCUT2D eigenvalue weighted by atomic mass is 16.5. The first kappa shape index (κ1) is 27.9. The predicted octanol–water partition coefficient (Wildman–Crippen LogP) is 3.86. The van der Waals surface area contributed by atoms with Crippen LogP contribution in [-0.4, -0.2) is 34.0 Å². The Bertz CT molecular complexity index is 1600. The molecular formula is C30H31N5O5. The molecule has 0 saturated carbocycles. The fourth-order valence-electron chi connectivity index (χ4n) is 4.02. The zero-order chi connectivity index (χ0) is 28.6. The number of rotatable bonds is 9. The first-order chi connectivity index (χ1) is 19.3. The summed E-state index contributed by atoms with van der Waals surface area (Å²) in [6.45, 7) is 6.40. The van der Waals surface area contributed by atoms with Crippen LogP contribution in [0.5, 0.6) is 11.5 Å². The van der Waals surface area contributed by atoms with Crippen LogP contribution in [0.15, 0.2) is 82.7 Å². The van der Waals surface area contributed by atoms with Crippen molar-refractivity contribution in [2.75, 3.05) is 11.9 Å². The highest BCUT2D eigenvalue weighted by Gasteiger charge is 2.21. The third kappa shape index (κ3) is 6.29.